The molecule has 1 aliphatic heterocycles. The van der Waals surface area contributed by atoms with Crippen LogP contribution in [-0.2, 0) is 10.0 Å². The Balaban J connectivity index is 1.48. The normalized spacial score (nSPS) is 14.6. The number of amides is 1. The minimum absolute atomic E-state index is 0.0492. The molecular formula is C25H23N5O6S3. The van der Waals surface area contributed by atoms with E-state index in [4.69, 9.17) is 4.74 Å². The lowest BCUT2D eigenvalue weighted by atomic mass is 10.2. The summed E-state index contributed by atoms with van der Waals surface area (Å²) in [4.78, 5) is 29.3. The summed E-state index contributed by atoms with van der Waals surface area (Å²) in [6, 6.07) is 14.0. The van der Waals surface area contributed by atoms with Gasteiger partial charge in [0.2, 0.25) is 15.2 Å². The maximum absolute atomic E-state index is 13.6. The van der Waals surface area contributed by atoms with Gasteiger partial charge in [-0.3, -0.25) is 14.9 Å². The summed E-state index contributed by atoms with van der Waals surface area (Å²) in [7, 11) is -2.09. The van der Waals surface area contributed by atoms with Gasteiger partial charge in [0.25, 0.3) is 5.91 Å². The molecule has 0 spiro atoms. The second-order valence-electron chi connectivity index (χ2n) is 8.61. The molecule has 11 nitrogen and oxygen atoms in total. The van der Waals surface area contributed by atoms with Gasteiger partial charge in [0.05, 0.1) is 38.2 Å². The Morgan fingerprint density at radius 3 is 2.51 bits per heavy atom. The number of thiazole rings is 1. The number of ether oxygens (including phenoxy) is 1. The zero-order valence-electron chi connectivity index (χ0n) is 20.7. The highest BCUT2D eigenvalue weighted by atomic mass is 32.2. The first-order chi connectivity index (χ1) is 18.8. The van der Waals surface area contributed by atoms with E-state index in [1.54, 1.807) is 31.4 Å². The van der Waals surface area contributed by atoms with Gasteiger partial charge in [-0.25, -0.2) is 13.4 Å². The molecule has 2 aromatic heterocycles. The number of methoxy groups -OCH3 is 1. The van der Waals surface area contributed by atoms with Crippen molar-refractivity contribution in [3.8, 4) is 5.75 Å². The highest BCUT2D eigenvalue weighted by Gasteiger charge is 2.27. The van der Waals surface area contributed by atoms with Crippen LogP contribution in [0.15, 0.2) is 64.6 Å². The van der Waals surface area contributed by atoms with Crippen LogP contribution in [0, 0.1) is 10.1 Å². The van der Waals surface area contributed by atoms with Gasteiger partial charge in [-0.15, -0.1) is 0 Å². The number of thiophene rings is 1. The number of benzene rings is 2. The number of nitrogens with zero attached hydrogens (tertiary/aromatic N) is 5. The van der Waals surface area contributed by atoms with Gasteiger partial charge in [-0.05, 0) is 61.4 Å². The van der Waals surface area contributed by atoms with Crippen molar-refractivity contribution in [2.75, 3.05) is 25.2 Å². The van der Waals surface area contributed by atoms with Gasteiger partial charge in [-0.2, -0.15) is 14.4 Å². The molecule has 0 aliphatic carbocycles. The monoisotopic (exact) mass is 585 g/mol. The van der Waals surface area contributed by atoms with Crippen LogP contribution >= 0.6 is 22.7 Å². The van der Waals surface area contributed by atoms with Crippen LogP contribution < -0.4 is 9.75 Å². The fraction of sp³-hybridized carbons (Fsp3) is 0.240. The first-order valence-corrected chi connectivity index (χ1v) is 15.0. The third-order valence-corrected chi connectivity index (χ3v) is 9.98. The standard InChI is InChI=1S/C25H23N5O6S3/c1-36-18-7-11-21-22(15-18)38-25(27-21)29(26-16-19-8-12-23(37-19)30(32)33)24(31)17-5-9-20(10-6-17)39(34,35)28-13-3-2-4-14-28/h5-12,15-16H,2-4,13-14H2,1H3/b26-16+. The Labute approximate surface area is 232 Å². The molecule has 0 radical (unpaired) electrons. The van der Waals surface area contributed by atoms with Gasteiger partial charge >= 0.3 is 5.00 Å². The molecule has 0 atom stereocenters. The number of carbonyl (C=O) groups excluding carboxylic acids is 1. The molecular weight excluding hydrogens is 563 g/mol. The van der Waals surface area contributed by atoms with Gasteiger partial charge in [0.15, 0.2) is 0 Å². The number of hydrazone groups is 1. The Kier molecular flexibility index (Phi) is 7.70. The predicted octanol–water partition coefficient (Wildman–Crippen LogP) is 5.13. The van der Waals surface area contributed by atoms with Crippen molar-refractivity contribution in [1.29, 1.82) is 0 Å². The second kappa shape index (κ2) is 11.2. The van der Waals surface area contributed by atoms with E-state index in [0.29, 0.717) is 29.2 Å². The summed E-state index contributed by atoms with van der Waals surface area (Å²) in [5.41, 5.74) is 0.845. The van der Waals surface area contributed by atoms with Crippen molar-refractivity contribution in [3.63, 3.8) is 0 Å². The number of carbonyl (C=O) groups is 1. The highest BCUT2D eigenvalue weighted by molar-refractivity contribution is 7.89. The molecule has 0 bridgehead atoms. The zero-order valence-corrected chi connectivity index (χ0v) is 23.2. The summed E-state index contributed by atoms with van der Waals surface area (Å²) in [5, 5.41) is 16.7. The average molecular weight is 586 g/mol. The Morgan fingerprint density at radius 1 is 1.10 bits per heavy atom. The number of sulfonamides is 1. The van der Waals surface area contributed by atoms with Crippen LogP contribution in [0.4, 0.5) is 10.1 Å². The molecule has 1 amide bonds. The van der Waals surface area contributed by atoms with Crippen LogP contribution in [0.25, 0.3) is 10.2 Å². The molecule has 3 heterocycles. The molecule has 2 aromatic carbocycles. The lowest BCUT2D eigenvalue weighted by molar-refractivity contribution is -0.380. The lowest BCUT2D eigenvalue weighted by Crippen LogP contribution is -2.35. The molecule has 1 aliphatic rings. The molecule has 0 N–H and O–H groups in total. The predicted molar refractivity (Wildman–Crippen MR) is 151 cm³/mol. The van der Waals surface area contributed by atoms with E-state index in [0.717, 1.165) is 40.3 Å². The molecule has 1 fully saturated rings. The molecule has 14 heteroatoms. The molecule has 202 valence electrons. The van der Waals surface area contributed by atoms with E-state index in [1.165, 1.54) is 52.2 Å². The molecule has 1 saturated heterocycles. The van der Waals surface area contributed by atoms with Crippen molar-refractivity contribution < 1.29 is 22.9 Å². The molecule has 4 aromatic rings. The van der Waals surface area contributed by atoms with Crippen molar-refractivity contribution in [2.24, 2.45) is 5.10 Å². The number of rotatable bonds is 8. The van der Waals surface area contributed by atoms with Gasteiger partial charge in [0.1, 0.15) is 5.75 Å². The third kappa shape index (κ3) is 5.68. The largest absolute Gasteiger partial charge is 0.497 e. The van der Waals surface area contributed by atoms with E-state index in [-0.39, 0.29) is 20.6 Å². The highest BCUT2D eigenvalue weighted by Crippen LogP contribution is 2.33. The number of nitro groups is 1. The van der Waals surface area contributed by atoms with Crippen LogP contribution in [0.3, 0.4) is 0 Å². The number of fused-ring (bicyclic) bond motifs is 1. The quantitative estimate of drug-likeness (QED) is 0.159. The number of hydrogen-bond donors (Lipinski definition) is 0. The zero-order chi connectivity index (χ0) is 27.6. The first-order valence-electron chi connectivity index (χ1n) is 11.9. The summed E-state index contributed by atoms with van der Waals surface area (Å²) >= 11 is 2.14. The molecule has 0 unspecified atom stereocenters. The second-order valence-corrected chi connectivity index (χ2v) is 12.7. The van der Waals surface area contributed by atoms with Crippen molar-refractivity contribution >= 4 is 65.2 Å². The smallest absolute Gasteiger partial charge is 0.324 e. The van der Waals surface area contributed by atoms with Gasteiger partial charge in [-0.1, -0.05) is 29.1 Å². The van der Waals surface area contributed by atoms with Crippen LogP contribution in [0.1, 0.15) is 34.5 Å². The minimum atomic E-state index is -3.65. The Morgan fingerprint density at radius 2 is 1.85 bits per heavy atom. The SMILES string of the molecule is COc1ccc2nc(N(/N=C/c3ccc([N+](=O)[O-])s3)C(=O)c3ccc(S(=O)(=O)N4CCCCC4)cc3)sc2c1. The van der Waals surface area contributed by atoms with Crippen LogP contribution in [-0.4, -0.2) is 55.0 Å². The molecule has 0 saturated carbocycles. The fourth-order valence-corrected chi connectivity index (χ4v) is 7.23. The van der Waals surface area contributed by atoms with Crippen molar-refractivity contribution in [2.45, 2.75) is 24.2 Å². The number of anilines is 1. The number of hydrogen-bond acceptors (Lipinski definition) is 10. The molecule has 5 rings (SSSR count). The lowest BCUT2D eigenvalue weighted by Gasteiger charge is -2.25. The topological polar surface area (TPSA) is 135 Å². The maximum atomic E-state index is 13.6. The van der Waals surface area contributed by atoms with Crippen LogP contribution in [0.2, 0.25) is 0 Å². The van der Waals surface area contributed by atoms with E-state index in [9.17, 15) is 23.3 Å². The number of piperidine rings is 1. The van der Waals surface area contributed by atoms with E-state index in [1.807, 2.05) is 0 Å². The Hall–Kier alpha value is -3.72. The first kappa shape index (κ1) is 26.9. The summed E-state index contributed by atoms with van der Waals surface area (Å²) in [5.74, 6) is 0.0979. The van der Waals surface area contributed by atoms with Crippen molar-refractivity contribution in [3.05, 3.63) is 75.2 Å². The summed E-state index contributed by atoms with van der Waals surface area (Å²) in [6.07, 6.45) is 4.01. The van der Waals surface area contributed by atoms with E-state index in [2.05, 4.69) is 10.1 Å². The average Bonchev–Trinajstić information content (AvgIpc) is 3.60. The van der Waals surface area contributed by atoms with E-state index >= 15 is 0 Å². The third-order valence-electron chi connectivity index (χ3n) is 6.10. The van der Waals surface area contributed by atoms with Gasteiger partial charge in [0, 0.05) is 24.7 Å². The van der Waals surface area contributed by atoms with Crippen molar-refractivity contribution in [1.82, 2.24) is 9.29 Å². The minimum Gasteiger partial charge on any atom is -0.497 e. The number of aromatic nitrogens is 1. The summed E-state index contributed by atoms with van der Waals surface area (Å²) in [6.45, 7) is 0.962. The maximum Gasteiger partial charge on any atom is 0.324 e. The van der Waals surface area contributed by atoms with Gasteiger partial charge < -0.3 is 4.74 Å². The molecule has 39 heavy (non-hydrogen) atoms. The van der Waals surface area contributed by atoms with Crippen LogP contribution in [0.5, 0.6) is 5.75 Å². The van der Waals surface area contributed by atoms with E-state index < -0.39 is 20.9 Å². The summed E-state index contributed by atoms with van der Waals surface area (Å²) < 4.78 is 33.6. The fourth-order valence-electron chi connectivity index (χ4n) is 4.07. The Bertz CT molecular complexity index is 1660.